The number of hydrogen-bond acceptors (Lipinski definition) is 7. The predicted octanol–water partition coefficient (Wildman–Crippen LogP) is 1.54. The van der Waals surface area contributed by atoms with Crippen LogP contribution in [0.2, 0.25) is 0 Å². The number of amides is 2. The van der Waals surface area contributed by atoms with Crippen molar-refractivity contribution in [3.63, 3.8) is 0 Å². The minimum Gasteiger partial charge on any atom is -0.480 e. The number of carbonyl (C=O) groups is 2. The molecule has 1 saturated heterocycles. The van der Waals surface area contributed by atoms with Crippen molar-refractivity contribution in [3.8, 4) is 5.75 Å². The molecule has 0 aromatic carbocycles. The first-order chi connectivity index (χ1) is 13.7. The molecule has 0 unspecified atom stereocenters. The Morgan fingerprint density at radius 2 is 2.07 bits per heavy atom. The van der Waals surface area contributed by atoms with Crippen LogP contribution in [0.1, 0.15) is 12.8 Å². The van der Waals surface area contributed by atoms with Crippen molar-refractivity contribution in [2.24, 2.45) is 5.73 Å². The lowest BCUT2D eigenvalue weighted by Gasteiger charge is -2.31. The number of carbonyl (C=O) groups excluding carboxylic acids is 2. The minimum absolute atomic E-state index is 0.0639. The van der Waals surface area contributed by atoms with E-state index in [1.54, 1.807) is 12.1 Å². The monoisotopic (exact) mass is 426 g/mol. The highest BCUT2D eigenvalue weighted by atomic mass is 32.3. The number of hydrogen-bond donors (Lipinski definition) is 1. The van der Waals surface area contributed by atoms with E-state index in [-0.39, 0.29) is 31.9 Å². The van der Waals surface area contributed by atoms with E-state index in [9.17, 15) is 9.59 Å². The van der Waals surface area contributed by atoms with E-state index in [1.165, 1.54) is 9.80 Å². The summed E-state index contributed by atoms with van der Waals surface area (Å²) in [5.41, 5.74) is 5.88. The van der Waals surface area contributed by atoms with Gasteiger partial charge in [-0.2, -0.15) is 0 Å². The molecule has 2 aliphatic rings. The molecule has 0 radical (unpaired) electrons. The van der Waals surface area contributed by atoms with Crippen LogP contribution in [-0.2, 0) is 14.3 Å². The Balaban J connectivity index is 1.75. The fourth-order valence-electron chi connectivity index (χ4n) is 2.97. The number of cyclic esters (lactones) is 1. The summed E-state index contributed by atoms with van der Waals surface area (Å²) < 4.78 is 16.5. The van der Waals surface area contributed by atoms with E-state index in [1.807, 2.05) is 0 Å². The third-order valence-corrected chi connectivity index (χ3v) is 6.06. The highest BCUT2D eigenvalue weighted by Gasteiger charge is 2.30. The van der Waals surface area contributed by atoms with Gasteiger partial charge in [-0.25, -0.2) is 19.8 Å². The molecule has 0 saturated carbocycles. The van der Waals surface area contributed by atoms with Gasteiger partial charge in [-0.1, -0.05) is 0 Å². The van der Waals surface area contributed by atoms with Crippen LogP contribution in [0.15, 0.2) is 12.1 Å². The molecule has 10 heteroatoms. The maximum Gasteiger partial charge on any atom is 0.415 e. The molecule has 3 rings (SSSR count). The normalized spacial score (nSPS) is 21.0. The predicted molar refractivity (Wildman–Crippen MR) is 114 cm³/mol. The van der Waals surface area contributed by atoms with Crippen molar-refractivity contribution in [2.45, 2.75) is 18.9 Å². The lowest BCUT2D eigenvalue weighted by molar-refractivity contribution is -0.122. The van der Waals surface area contributed by atoms with Crippen LogP contribution in [-0.4, -0.2) is 80.6 Å². The number of nitrogens with zero attached hydrogens (tertiary/aromatic N) is 3. The van der Waals surface area contributed by atoms with Gasteiger partial charge in [-0.15, -0.1) is 0 Å². The number of fused-ring (bicyclic) bond motifs is 1. The van der Waals surface area contributed by atoms with Crippen LogP contribution in [0.4, 0.5) is 16.4 Å². The molecule has 1 atom stereocenters. The summed E-state index contributed by atoms with van der Waals surface area (Å²) in [5, 5.41) is 0. The van der Waals surface area contributed by atoms with Crippen LogP contribution >= 0.6 is 10.0 Å². The number of pyridine rings is 1. The molecule has 2 N–H and O–H groups in total. The molecule has 1 aromatic heterocycles. The van der Waals surface area contributed by atoms with Gasteiger partial charge in [-0.3, -0.25) is 14.6 Å². The van der Waals surface area contributed by atoms with Crippen LogP contribution in [0.25, 0.3) is 0 Å². The van der Waals surface area contributed by atoms with Crippen molar-refractivity contribution >= 4 is 33.7 Å². The first kappa shape index (κ1) is 21.7. The first-order valence-electron chi connectivity index (χ1n) is 9.62. The number of ether oxygens (including phenoxy) is 3. The zero-order valence-corrected chi connectivity index (χ0v) is 18.1. The molecule has 2 amide bonds. The summed E-state index contributed by atoms with van der Waals surface area (Å²) in [7, 11) is -0.675. The Kier molecular flexibility index (Phi) is 6.86. The number of rotatable bonds is 6. The van der Waals surface area contributed by atoms with Gasteiger partial charge in [0.05, 0.1) is 6.61 Å². The van der Waals surface area contributed by atoms with E-state index in [0.29, 0.717) is 30.5 Å². The lowest BCUT2D eigenvalue weighted by Crippen LogP contribution is -2.42. The highest BCUT2D eigenvalue weighted by molar-refractivity contribution is 8.32. The van der Waals surface area contributed by atoms with E-state index < -0.39 is 16.1 Å². The first-order valence-corrected chi connectivity index (χ1v) is 12.6. The average molecular weight is 427 g/mol. The SMILES string of the molecule is CS(C)(C)CCOCN1C(=O)COc2ccc(N3CCC[C@H](N)COC3=O)nc21. The summed E-state index contributed by atoms with van der Waals surface area (Å²) in [6.45, 7) is 1.22. The standard InChI is InChI=1S/C19H30N4O5S/c1-29(2,3)10-9-26-13-23-17(24)12-27-15-6-7-16(21-18(15)23)22-8-4-5-14(20)11-28-19(22)25/h6-7,14H,4-5,8-13,20H2,1-3H3/t14-/m0/s1. The Bertz CT molecular complexity index is 755. The Morgan fingerprint density at radius 3 is 2.83 bits per heavy atom. The van der Waals surface area contributed by atoms with E-state index in [0.717, 1.165) is 18.6 Å². The smallest absolute Gasteiger partial charge is 0.415 e. The molecular weight excluding hydrogens is 396 g/mol. The van der Waals surface area contributed by atoms with Crippen LogP contribution in [0.3, 0.4) is 0 Å². The minimum atomic E-state index is -0.675. The molecule has 0 spiro atoms. The van der Waals surface area contributed by atoms with Crippen molar-refractivity contribution in [1.82, 2.24) is 4.98 Å². The summed E-state index contributed by atoms with van der Waals surface area (Å²) >= 11 is 0. The maximum absolute atomic E-state index is 12.4. The highest BCUT2D eigenvalue weighted by Crippen LogP contribution is 2.35. The second-order valence-corrected chi connectivity index (χ2v) is 12.7. The molecule has 2 aliphatic heterocycles. The average Bonchev–Trinajstić information content (AvgIpc) is 2.65. The number of anilines is 2. The van der Waals surface area contributed by atoms with Crippen LogP contribution in [0.5, 0.6) is 5.75 Å². The summed E-state index contributed by atoms with van der Waals surface area (Å²) in [6, 6.07) is 3.26. The third-order valence-electron chi connectivity index (χ3n) is 4.67. The van der Waals surface area contributed by atoms with Gasteiger partial charge < -0.3 is 19.9 Å². The van der Waals surface area contributed by atoms with Gasteiger partial charge in [0, 0.05) is 18.3 Å². The third kappa shape index (κ3) is 5.74. The summed E-state index contributed by atoms with van der Waals surface area (Å²) in [6.07, 6.45) is 7.66. The van der Waals surface area contributed by atoms with Crippen molar-refractivity contribution in [1.29, 1.82) is 0 Å². The maximum atomic E-state index is 12.4. The summed E-state index contributed by atoms with van der Waals surface area (Å²) in [4.78, 5) is 32.3. The Hall–Kier alpha value is -2.04. The quantitative estimate of drug-likeness (QED) is 0.688. The van der Waals surface area contributed by atoms with E-state index >= 15 is 0 Å². The van der Waals surface area contributed by atoms with E-state index in [4.69, 9.17) is 19.9 Å². The topological polar surface area (TPSA) is 107 Å². The van der Waals surface area contributed by atoms with Gasteiger partial charge in [0.1, 0.15) is 19.2 Å². The van der Waals surface area contributed by atoms with Crippen LogP contribution < -0.4 is 20.3 Å². The number of aromatic nitrogens is 1. The molecule has 29 heavy (non-hydrogen) atoms. The zero-order chi connectivity index (χ0) is 21.0. The fraction of sp³-hybridized carbons (Fsp3) is 0.632. The Morgan fingerprint density at radius 1 is 1.28 bits per heavy atom. The van der Waals surface area contributed by atoms with Gasteiger partial charge >= 0.3 is 6.09 Å². The molecule has 1 fully saturated rings. The lowest BCUT2D eigenvalue weighted by atomic mass is 10.1. The van der Waals surface area contributed by atoms with Crippen molar-refractivity contribution in [2.75, 3.05) is 67.4 Å². The van der Waals surface area contributed by atoms with Gasteiger partial charge in [0.25, 0.3) is 5.91 Å². The van der Waals surface area contributed by atoms with Crippen molar-refractivity contribution < 1.29 is 23.8 Å². The molecular formula is C19H30N4O5S. The molecule has 1 aromatic rings. The fourth-order valence-corrected chi connectivity index (χ4v) is 3.58. The second kappa shape index (κ2) is 9.19. The van der Waals surface area contributed by atoms with E-state index in [2.05, 4.69) is 23.8 Å². The molecule has 162 valence electrons. The molecule has 0 bridgehead atoms. The molecule has 3 heterocycles. The van der Waals surface area contributed by atoms with Gasteiger partial charge in [0.15, 0.2) is 18.2 Å². The van der Waals surface area contributed by atoms with Crippen molar-refractivity contribution in [3.05, 3.63) is 12.1 Å². The number of nitrogens with two attached hydrogens (primary N) is 1. The molecule has 9 nitrogen and oxygen atoms in total. The Labute approximate surface area is 172 Å². The summed E-state index contributed by atoms with van der Waals surface area (Å²) in [5.74, 6) is 1.97. The molecule has 0 aliphatic carbocycles. The largest absolute Gasteiger partial charge is 0.480 e. The van der Waals surface area contributed by atoms with Gasteiger partial charge in [-0.05, 0) is 43.7 Å². The van der Waals surface area contributed by atoms with Crippen LogP contribution in [0, 0.1) is 0 Å². The zero-order valence-electron chi connectivity index (χ0n) is 17.3. The van der Waals surface area contributed by atoms with Gasteiger partial charge in [0.2, 0.25) is 0 Å². The second-order valence-electron chi connectivity index (χ2n) is 8.06.